The molecular formula is C20H31Cl2NOTi. The van der Waals surface area contributed by atoms with E-state index in [2.05, 4.69) is 44.8 Å². The van der Waals surface area contributed by atoms with Crippen LogP contribution in [0.1, 0.15) is 76.8 Å². The van der Waals surface area contributed by atoms with Crippen LogP contribution in [0.25, 0.3) is 0 Å². The number of hydrogen-bond acceptors (Lipinski definition) is 2. The first-order chi connectivity index (χ1) is 12.0. The summed E-state index contributed by atoms with van der Waals surface area (Å²) >= 11 is -0.556. The molecule has 1 fully saturated rings. The van der Waals surface area contributed by atoms with E-state index in [4.69, 9.17) is 18.6 Å². The number of aliphatic imine (C=N–C) groups is 1. The molecule has 0 saturated heterocycles. The van der Waals surface area contributed by atoms with E-state index in [-0.39, 0.29) is 0 Å². The van der Waals surface area contributed by atoms with Crippen LogP contribution in [-0.4, -0.2) is 17.4 Å². The van der Waals surface area contributed by atoms with Crippen molar-refractivity contribution in [3.63, 3.8) is 0 Å². The molecule has 1 saturated carbocycles. The molecule has 2 nitrogen and oxygen atoms in total. The van der Waals surface area contributed by atoms with Gasteiger partial charge in [0.15, 0.2) is 0 Å². The van der Waals surface area contributed by atoms with Gasteiger partial charge in [0, 0.05) is 17.8 Å². The van der Waals surface area contributed by atoms with Crippen molar-refractivity contribution in [2.24, 2.45) is 16.8 Å². The first-order valence-corrected chi connectivity index (χ1v) is 13.6. The Kier molecular flexibility index (Phi) is 11.4. The number of phenols is 1. The summed E-state index contributed by atoms with van der Waals surface area (Å²) < 4.78 is 0. The zero-order valence-electron chi connectivity index (χ0n) is 15.8. The zero-order chi connectivity index (χ0) is 18.8. The molecule has 2 atom stereocenters. The number of phenolic OH excluding ortho intramolecular Hbond substituents is 1. The SMILES string of the molecule is CCC(CC)N=Cc1cccc(C2C(C)CCCC2C)c1O.[Cl][Ti][Cl]. The first-order valence-electron chi connectivity index (χ1n) is 9.31. The molecule has 2 rings (SSSR count). The normalized spacial score (nSPS) is 23.4. The molecule has 5 heteroatoms. The van der Waals surface area contributed by atoms with Crippen LogP contribution in [0.3, 0.4) is 0 Å². The van der Waals surface area contributed by atoms with Crippen molar-refractivity contribution in [3.05, 3.63) is 29.3 Å². The van der Waals surface area contributed by atoms with Crippen molar-refractivity contribution in [2.45, 2.75) is 71.8 Å². The second-order valence-corrected chi connectivity index (χ2v) is 9.60. The van der Waals surface area contributed by atoms with Crippen LogP contribution >= 0.6 is 18.6 Å². The van der Waals surface area contributed by atoms with Crippen LogP contribution in [0.15, 0.2) is 23.2 Å². The minimum absolute atomic E-state index is 0.357. The molecule has 0 radical (unpaired) electrons. The van der Waals surface area contributed by atoms with Gasteiger partial charge < -0.3 is 5.11 Å². The van der Waals surface area contributed by atoms with Gasteiger partial charge in [0.05, 0.1) is 0 Å². The van der Waals surface area contributed by atoms with Gasteiger partial charge in [-0.05, 0) is 42.2 Å². The Balaban J connectivity index is 0.000000970. The maximum atomic E-state index is 10.7. The average molecular weight is 420 g/mol. The number of rotatable bonds is 5. The topological polar surface area (TPSA) is 32.6 Å². The van der Waals surface area contributed by atoms with Crippen molar-refractivity contribution in [1.29, 1.82) is 0 Å². The third kappa shape index (κ3) is 6.90. The van der Waals surface area contributed by atoms with Crippen molar-refractivity contribution in [1.82, 2.24) is 0 Å². The molecule has 2 unspecified atom stereocenters. The van der Waals surface area contributed by atoms with Gasteiger partial charge in [-0.3, -0.25) is 4.99 Å². The molecule has 1 aliphatic carbocycles. The van der Waals surface area contributed by atoms with E-state index in [0.717, 1.165) is 24.0 Å². The predicted molar refractivity (Wildman–Crippen MR) is 107 cm³/mol. The van der Waals surface area contributed by atoms with E-state index in [1.165, 1.54) is 19.3 Å². The molecule has 1 N–H and O–H groups in total. The number of aromatic hydroxyl groups is 1. The molecule has 0 aromatic heterocycles. The molecule has 140 valence electrons. The van der Waals surface area contributed by atoms with E-state index in [1.54, 1.807) is 0 Å². The van der Waals surface area contributed by atoms with Gasteiger partial charge >= 0.3 is 35.6 Å². The molecule has 0 heterocycles. The Hall–Kier alpha value is -0.0157. The third-order valence-electron chi connectivity index (χ3n) is 5.37. The summed E-state index contributed by atoms with van der Waals surface area (Å²) in [7, 11) is 9.78. The van der Waals surface area contributed by atoms with Crippen LogP contribution in [0, 0.1) is 11.8 Å². The fourth-order valence-electron chi connectivity index (χ4n) is 3.93. The quantitative estimate of drug-likeness (QED) is 0.407. The van der Waals surface area contributed by atoms with Crippen molar-refractivity contribution >= 4 is 24.8 Å². The van der Waals surface area contributed by atoms with Crippen LogP contribution in [-0.2, 0) is 17.0 Å². The van der Waals surface area contributed by atoms with Gasteiger partial charge in [-0.1, -0.05) is 59.1 Å². The fraction of sp³-hybridized carbons (Fsp3) is 0.650. The van der Waals surface area contributed by atoms with Crippen molar-refractivity contribution < 1.29 is 22.1 Å². The van der Waals surface area contributed by atoms with E-state index >= 15 is 0 Å². The molecule has 0 spiro atoms. The third-order valence-corrected chi connectivity index (χ3v) is 5.37. The predicted octanol–water partition coefficient (Wildman–Crippen LogP) is 6.92. The first kappa shape index (κ1) is 23.0. The fourth-order valence-corrected chi connectivity index (χ4v) is 3.93. The van der Waals surface area contributed by atoms with E-state index in [0.29, 0.717) is 29.5 Å². The summed E-state index contributed by atoms with van der Waals surface area (Å²) in [5, 5.41) is 10.7. The van der Waals surface area contributed by atoms with Crippen LogP contribution in [0.2, 0.25) is 0 Å². The number of para-hydroxylation sites is 1. The summed E-state index contributed by atoms with van der Waals surface area (Å²) in [6.45, 7) is 8.97. The number of hydrogen-bond donors (Lipinski definition) is 1. The van der Waals surface area contributed by atoms with Gasteiger partial charge in [-0.25, -0.2) is 0 Å². The molecule has 0 amide bonds. The number of nitrogens with zero attached hydrogens (tertiary/aromatic N) is 1. The standard InChI is InChI=1S/C20H31NO.2ClH.Ti/c1-5-17(6-2)21-13-16-11-8-12-18(20(16)22)19-14(3)9-7-10-15(19)4;;;/h8,11-15,17,19,22H,5-7,9-10H2,1-4H3;2*1H;/q;;;+2/p-2. The Morgan fingerprint density at radius 2 is 1.76 bits per heavy atom. The minimum atomic E-state index is -0.556. The summed E-state index contributed by atoms with van der Waals surface area (Å²) in [5.41, 5.74) is 1.99. The molecule has 1 aromatic carbocycles. The molecule has 1 aromatic rings. The summed E-state index contributed by atoms with van der Waals surface area (Å²) in [5.74, 6) is 2.19. The summed E-state index contributed by atoms with van der Waals surface area (Å²) in [6, 6.07) is 6.50. The Labute approximate surface area is 170 Å². The van der Waals surface area contributed by atoms with E-state index in [1.807, 2.05) is 12.3 Å². The number of halogens is 2. The van der Waals surface area contributed by atoms with Crippen molar-refractivity contribution in [2.75, 3.05) is 0 Å². The van der Waals surface area contributed by atoms with Gasteiger partial charge in [0.25, 0.3) is 0 Å². The molecule has 0 bridgehead atoms. The van der Waals surface area contributed by atoms with E-state index in [9.17, 15) is 5.11 Å². The molecule has 1 aliphatic rings. The zero-order valence-corrected chi connectivity index (χ0v) is 18.9. The van der Waals surface area contributed by atoms with Crippen LogP contribution in [0.5, 0.6) is 5.75 Å². The Morgan fingerprint density at radius 3 is 2.28 bits per heavy atom. The monoisotopic (exact) mass is 419 g/mol. The van der Waals surface area contributed by atoms with Crippen LogP contribution in [0.4, 0.5) is 0 Å². The summed E-state index contributed by atoms with van der Waals surface area (Å²) in [4.78, 5) is 4.63. The molecule has 25 heavy (non-hydrogen) atoms. The number of benzene rings is 1. The molecular weight excluding hydrogens is 389 g/mol. The summed E-state index contributed by atoms with van der Waals surface area (Å²) in [6.07, 6.45) is 7.80. The van der Waals surface area contributed by atoms with Crippen molar-refractivity contribution in [3.8, 4) is 5.75 Å². The second kappa shape index (κ2) is 12.4. The van der Waals surface area contributed by atoms with Gasteiger partial charge in [-0.2, -0.15) is 0 Å². The Bertz CT molecular complexity index is 524. The Morgan fingerprint density at radius 1 is 1.20 bits per heavy atom. The second-order valence-electron chi connectivity index (χ2n) is 7.02. The van der Waals surface area contributed by atoms with Gasteiger partial charge in [0.2, 0.25) is 0 Å². The average Bonchev–Trinajstić information content (AvgIpc) is 2.59. The molecule has 0 aliphatic heterocycles. The van der Waals surface area contributed by atoms with Gasteiger partial charge in [0.1, 0.15) is 5.75 Å². The van der Waals surface area contributed by atoms with Gasteiger partial charge in [-0.15, -0.1) is 0 Å². The van der Waals surface area contributed by atoms with Crippen LogP contribution < -0.4 is 0 Å². The van der Waals surface area contributed by atoms with E-state index < -0.39 is 17.0 Å². The maximum absolute atomic E-state index is 10.7.